The van der Waals surface area contributed by atoms with E-state index in [1.165, 1.54) is 6.92 Å². The Balaban J connectivity index is 1.56. The summed E-state index contributed by atoms with van der Waals surface area (Å²) in [4.78, 5) is 27.1. The number of methoxy groups -OCH3 is 1. The molecule has 2 aromatic rings. The zero-order valence-corrected chi connectivity index (χ0v) is 21.0. The molecular weight excluding hydrogens is 458 g/mol. The summed E-state index contributed by atoms with van der Waals surface area (Å²) in [5.74, 6) is -1.76. The maximum absolute atomic E-state index is 13.1. The summed E-state index contributed by atoms with van der Waals surface area (Å²) >= 11 is 0. The average molecular weight is 492 g/mol. The molecule has 3 unspecified atom stereocenters. The van der Waals surface area contributed by atoms with E-state index in [1.807, 2.05) is 60.7 Å². The number of carbonyl (C=O) groups excluding carboxylic acids is 2. The highest BCUT2D eigenvalue weighted by Crippen LogP contribution is 2.44. The third-order valence-corrected chi connectivity index (χ3v) is 6.59. The lowest BCUT2D eigenvalue weighted by molar-refractivity contribution is -0.211. The Bertz CT molecular complexity index is 1120. The van der Waals surface area contributed by atoms with Gasteiger partial charge in [-0.1, -0.05) is 66.7 Å². The van der Waals surface area contributed by atoms with Gasteiger partial charge in [-0.3, -0.25) is 14.5 Å². The molecule has 0 spiro atoms. The minimum atomic E-state index is -1.37. The molecule has 0 saturated carbocycles. The summed E-state index contributed by atoms with van der Waals surface area (Å²) in [6.45, 7) is 4.51. The molecule has 1 fully saturated rings. The molecule has 0 aromatic heterocycles. The van der Waals surface area contributed by atoms with Gasteiger partial charge in [0, 0.05) is 32.2 Å². The van der Waals surface area contributed by atoms with Crippen molar-refractivity contribution < 1.29 is 28.5 Å². The molecule has 1 heterocycles. The fourth-order valence-corrected chi connectivity index (χ4v) is 4.78. The van der Waals surface area contributed by atoms with E-state index in [0.29, 0.717) is 18.5 Å². The van der Waals surface area contributed by atoms with Crippen molar-refractivity contribution in [2.24, 2.45) is 0 Å². The summed E-state index contributed by atoms with van der Waals surface area (Å²) in [6, 6.07) is 19.5. The number of hydrogen-bond acceptors (Lipinski definition) is 7. The van der Waals surface area contributed by atoms with Crippen LogP contribution in [0.2, 0.25) is 0 Å². The number of benzene rings is 2. The van der Waals surface area contributed by atoms with Crippen LogP contribution >= 0.6 is 0 Å². The lowest BCUT2D eigenvalue weighted by atomic mass is 9.84. The number of nitrogens with zero attached hydrogens (tertiary/aromatic N) is 1. The molecule has 1 aliphatic carbocycles. The molecule has 0 bridgehead atoms. The van der Waals surface area contributed by atoms with Gasteiger partial charge in [0.1, 0.15) is 0 Å². The Hall–Kier alpha value is -3.10. The van der Waals surface area contributed by atoms with E-state index < -0.39 is 17.4 Å². The summed E-state index contributed by atoms with van der Waals surface area (Å²) in [7, 11) is 1.57. The van der Waals surface area contributed by atoms with E-state index in [9.17, 15) is 9.59 Å². The number of rotatable bonds is 11. The Kier molecular flexibility index (Phi) is 8.16. The van der Waals surface area contributed by atoms with Crippen LogP contribution in [0, 0.1) is 0 Å². The van der Waals surface area contributed by atoms with Crippen molar-refractivity contribution in [2.45, 2.75) is 44.2 Å². The summed E-state index contributed by atoms with van der Waals surface area (Å²) in [6.07, 6.45) is 6.22. The van der Waals surface area contributed by atoms with Crippen molar-refractivity contribution in [2.75, 3.05) is 27.1 Å². The fourth-order valence-electron chi connectivity index (χ4n) is 4.78. The van der Waals surface area contributed by atoms with Crippen molar-refractivity contribution in [3.63, 3.8) is 0 Å². The number of carbonyl (C=O) groups is 2. The second kappa shape index (κ2) is 11.3. The van der Waals surface area contributed by atoms with Crippen molar-refractivity contribution in [1.29, 1.82) is 0 Å². The molecule has 0 radical (unpaired) electrons. The lowest BCUT2D eigenvalue weighted by Crippen LogP contribution is -2.56. The van der Waals surface area contributed by atoms with Crippen LogP contribution < -0.4 is 0 Å². The van der Waals surface area contributed by atoms with Gasteiger partial charge in [-0.25, -0.2) is 0 Å². The summed E-state index contributed by atoms with van der Waals surface area (Å²) in [5.41, 5.74) is 1.73. The minimum Gasteiger partial charge on any atom is -0.426 e. The van der Waals surface area contributed by atoms with Crippen molar-refractivity contribution in [3.05, 3.63) is 95.6 Å². The van der Waals surface area contributed by atoms with Crippen LogP contribution in [0.4, 0.5) is 0 Å². The summed E-state index contributed by atoms with van der Waals surface area (Å²) in [5, 5.41) is 0. The average Bonchev–Trinajstić information content (AvgIpc) is 3.22. The Morgan fingerprint density at radius 3 is 2.42 bits per heavy atom. The first-order valence-corrected chi connectivity index (χ1v) is 12.1. The molecule has 7 heteroatoms. The van der Waals surface area contributed by atoms with Gasteiger partial charge < -0.3 is 18.9 Å². The Labute approximate surface area is 212 Å². The van der Waals surface area contributed by atoms with Gasteiger partial charge >= 0.3 is 5.97 Å². The second-order valence-corrected chi connectivity index (χ2v) is 9.28. The third-order valence-electron chi connectivity index (χ3n) is 6.59. The van der Waals surface area contributed by atoms with Crippen LogP contribution in [0.25, 0.3) is 0 Å². The molecule has 2 aromatic carbocycles. The van der Waals surface area contributed by atoms with Gasteiger partial charge in [-0.05, 0) is 36.6 Å². The summed E-state index contributed by atoms with van der Waals surface area (Å²) < 4.78 is 22.8. The van der Waals surface area contributed by atoms with Crippen LogP contribution in [0.5, 0.6) is 0 Å². The normalized spacial score (nSPS) is 23.7. The highest BCUT2D eigenvalue weighted by Gasteiger charge is 2.60. The maximum atomic E-state index is 13.1. The number of ketones is 1. The lowest BCUT2D eigenvalue weighted by Gasteiger charge is -2.40. The minimum absolute atomic E-state index is 0.0218. The first-order chi connectivity index (χ1) is 17.4. The van der Waals surface area contributed by atoms with E-state index in [0.717, 1.165) is 11.1 Å². The van der Waals surface area contributed by atoms with Crippen molar-refractivity contribution >= 4 is 11.8 Å². The van der Waals surface area contributed by atoms with Gasteiger partial charge in [-0.15, -0.1) is 0 Å². The number of allylic oxidation sites excluding steroid dienone is 1. The van der Waals surface area contributed by atoms with E-state index in [2.05, 4.69) is 24.0 Å². The zero-order chi connectivity index (χ0) is 25.6. The van der Waals surface area contributed by atoms with Gasteiger partial charge in [0.2, 0.25) is 0 Å². The first-order valence-electron chi connectivity index (χ1n) is 12.1. The molecule has 190 valence electrons. The molecule has 0 N–H and O–H groups in total. The van der Waals surface area contributed by atoms with Gasteiger partial charge in [-0.2, -0.15) is 0 Å². The number of hydrogen-bond donors (Lipinski definition) is 0. The van der Waals surface area contributed by atoms with E-state index in [1.54, 1.807) is 13.2 Å². The van der Waals surface area contributed by atoms with E-state index in [4.69, 9.17) is 18.9 Å². The quantitative estimate of drug-likeness (QED) is 0.343. The Morgan fingerprint density at radius 2 is 1.75 bits per heavy atom. The molecule has 36 heavy (non-hydrogen) atoms. The smallest absolute Gasteiger partial charge is 0.305 e. The molecule has 7 nitrogen and oxygen atoms in total. The number of esters is 1. The van der Waals surface area contributed by atoms with Crippen molar-refractivity contribution in [3.8, 4) is 0 Å². The first kappa shape index (κ1) is 26.0. The molecule has 2 aliphatic rings. The molecule has 4 rings (SSSR count). The van der Waals surface area contributed by atoms with E-state index >= 15 is 0 Å². The van der Waals surface area contributed by atoms with Crippen LogP contribution in [-0.4, -0.2) is 61.1 Å². The predicted molar refractivity (Wildman–Crippen MR) is 135 cm³/mol. The molecular formula is C29H33NO6. The van der Waals surface area contributed by atoms with Gasteiger partial charge in [0.25, 0.3) is 5.79 Å². The standard InChI is InChI=1S/C29H33NO6/c1-22(16-25-14-15-29(36-23(2)31)28(17-25,20-33-3)34-21-35-29)30(18-24-10-6-4-7-11-24)19-27(32)26-12-8-5-9-13-26/h4-15,17,22H,16,18-21H2,1-3H3. The van der Waals surface area contributed by atoms with E-state index in [-0.39, 0.29) is 31.8 Å². The fraction of sp³-hybridized carbons (Fsp3) is 0.379. The molecule has 3 atom stereocenters. The highest BCUT2D eigenvalue weighted by atomic mass is 16.8. The number of fused-ring (bicyclic) bond motifs is 1. The molecule has 1 aliphatic heterocycles. The maximum Gasteiger partial charge on any atom is 0.305 e. The van der Waals surface area contributed by atoms with Gasteiger partial charge in [0.05, 0.1) is 13.2 Å². The van der Waals surface area contributed by atoms with Crippen LogP contribution in [0.3, 0.4) is 0 Å². The van der Waals surface area contributed by atoms with Gasteiger partial charge in [0.15, 0.2) is 18.2 Å². The zero-order valence-electron chi connectivity index (χ0n) is 21.0. The third kappa shape index (κ3) is 5.65. The van der Waals surface area contributed by atoms with Crippen molar-refractivity contribution in [1.82, 2.24) is 4.90 Å². The number of Topliss-reactive ketones (excluding diaryl/α,β-unsaturated/α-hetero) is 1. The largest absolute Gasteiger partial charge is 0.426 e. The predicted octanol–water partition coefficient (Wildman–Crippen LogP) is 4.30. The Morgan fingerprint density at radius 1 is 1.06 bits per heavy atom. The monoisotopic (exact) mass is 491 g/mol. The number of ether oxygens (including phenoxy) is 4. The highest BCUT2D eigenvalue weighted by molar-refractivity contribution is 5.97. The topological polar surface area (TPSA) is 74.3 Å². The SMILES string of the molecule is COCC12C=C(CC(C)N(CC(=O)c3ccccc3)Cc3ccccc3)C=CC1(OC(C)=O)OCO2. The van der Waals surface area contributed by atoms with Crippen LogP contribution in [-0.2, 0) is 30.3 Å². The molecule has 0 amide bonds. The van der Waals surface area contributed by atoms with Crippen LogP contribution in [0.15, 0.2) is 84.5 Å². The van der Waals surface area contributed by atoms with Crippen LogP contribution in [0.1, 0.15) is 36.2 Å². The second-order valence-electron chi connectivity index (χ2n) is 9.28. The molecule has 1 saturated heterocycles.